The maximum Gasteiger partial charge on any atom is 0.123 e. The van der Waals surface area contributed by atoms with E-state index >= 15 is 0 Å². The standard InChI is InChI=1S/C19H29FN2/c20-18-8-4-7-16(10-18)9-17-11-19(21)14-22(13-17)12-15-5-2-1-3-6-15/h4,7-8,10,15,17,19H,1-3,5-6,9,11-14,21H2. The number of rotatable bonds is 4. The van der Waals surface area contributed by atoms with E-state index in [0.717, 1.165) is 37.4 Å². The van der Waals surface area contributed by atoms with Crippen molar-refractivity contribution in [3.05, 3.63) is 35.6 Å². The minimum absolute atomic E-state index is 0.128. The summed E-state index contributed by atoms with van der Waals surface area (Å²) in [6.45, 7) is 3.38. The van der Waals surface area contributed by atoms with E-state index in [2.05, 4.69) is 4.90 Å². The SMILES string of the molecule is NC1CC(Cc2cccc(F)c2)CN(CC2CCCCC2)C1. The van der Waals surface area contributed by atoms with Gasteiger partial charge in [-0.15, -0.1) is 0 Å². The van der Waals surface area contributed by atoms with Crippen molar-refractivity contribution >= 4 is 0 Å². The summed E-state index contributed by atoms with van der Waals surface area (Å²) >= 11 is 0. The van der Waals surface area contributed by atoms with E-state index in [1.807, 2.05) is 12.1 Å². The normalized spacial score (nSPS) is 27.9. The van der Waals surface area contributed by atoms with E-state index in [4.69, 9.17) is 5.73 Å². The van der Waals surface area contributed by atoms with Gasteiger partial charge in [0.25, 0.3) is 0 Å². The maximum atomic E-state index is 13.3. The molecular weight excluding hydrogens is 275 g/mol. The summed E-state index contributed by atoms with van der Waals surface area (Å²) in [4.78, 5) is 2.58. The lowest BCUT2D eigenvalue weighted by atomic mass is 9.86. The van der Waals surface area contributed by atoms with Gasteiger partial charge in [0.15, 0.2) is 0 Å². The zero-order chi connectivity index (χ0) is 15.4. The van der Waals surface area contributed by atoms with Gasteiger partial charge in [0.2, 0.25) is 0 Å². The molecule has 1 aromatic carbocycles. The molecule has 1 aliphatic heterocycles. The number of piperidine rings is 1. The molecule has 1 saturated carbocycles. The summed E-state index contributed by atoms with van der Waals surface area (Å²) in [5.74, 6) is 1.31. The number of nitrogens with zero attached hydrogens (tertiary/aromatic N) is 1. The molecular formula is C19H29FN2. The fourth-order valence-electron chi connectivity index (χ4n) is 4.38. The first-order valence-electron chi connectivity index (χ1n) is 8.91. The van der Waals surface area contributed by atoms with Crippen LogP contribution in [0.3, 0.4) is 0 Å². The van der Waals surface area contributed by atoms with Gasteiger partial charge in [-0.05, 0) is 55.2 Å². The number of halogens is 1. The van der Waals surface area contributed by atoms with Gasteiger partial charge < -0.3 is 10.6 Å². The summed E-state index contributed by atoms with van der Waals surface area (Å²) in [5.41, 5.74) is 7.40. The Kier molecular flexibility index (Phi) is 5.48. The van der Waals surface area contributed by atoms with E-state index in [0.29, 0.717) is 5.92 Å². The van der Waals surface area contributed by atoms with Crippen LogP contribution in [-0.2, 0) is 6.42 Å². The second-order valence-corrected chi connectivity index (χ2v) is 7.42. The highest BCUT2D eigenvalue weighted by Crippen LogP contribution is 2.27. The summed E-state index contributed by atoms with van der Waals surface area (Å²) in [5, 5.41) is 0. The number of hydrogen-bond acceptors (Lipinski definition) is 2. The highest BCUT2D eigenvalue weighted by Gasteiger charge is 2.27. The van der Waals surface area contributed by atoms with Gasteiger partial charge in [0, 0.05) is 25.7 Å². The molecule has 3 heteroatoms. The van der Waals surface area contributed by atoms with Crippen molar-refractivity contribution in [2.24, 2.45) is 17.6 Å². The molecule has 1 aliphatic carbocycles. The largest absolute Gasteiger partial charge is 0.327 e. The van der Waals surface area contributed by atoms with Crippen molar-refractivity contribution < 1.29 is 4.39 Å². The third kappa shape index (κ3) is 4.53. The predicted octanol–water partition coefficient (Wildman–Crippen LogP) is 3.60. The third-order valence-electron chi connectivity index (χ3n) is 5.30. The Hall–Kier alpha value is -0.930. The quantitative estimate of drug-likeness (QED) is 0.921. The monoisotopic (exact) mass is 304 g/mol. The molecule has 2 nitrogen and oxygen atoms in total. The van der Waals surface area contributed by atoms with Crippen molar-refractivity contribution in [2.45, 2.75) is 51.0 Å². The van der Waals surface area contributed by atoms with Crippen LogP contribution < -0.4 is 5.73 Å². The Balaban J connectivity index is 1.55. The first-order valence-corrected chi connectivity index (χ1v) is 8.91. The smallest absolute Gasteiger partial charge is 0.123 e. The van der Waals surface area contributed by atoms with E-state index < -0.39 is 0 Å². The van der Waals surface area contributed by atoms with E-state index in [1.165, 1.54) is 44.7 Å². The lowest BCUT2D eigenvalue weighted by Crippen LogP contribution is -2.49. The zero-order valence-electron chi connectivity index (χ0n) is 13.5. The molecule has 2 fully saturated rings. The highest BCUT2D eigenvalue weighted by atomic mass is 19.1. The number of benzene rings is 1. The molecule has 1 heterocycles. The molecule has 2 aliphatic rings. The minimum atomic E-state index is -0.128. The molecule has 0 spiro atoms. The minimum Gasteiger partial charge on any atom is -0.327 e. The van der Waals surface area contributed by atoms with Crippen LogP contribution in [0.4, 0.5) is 4.39 Å². The van der Waals surface area contributed by atoms with Crippen molar-refractivity contribution in [1.82, 2.24) is 4.90 Å². The molecule has 2 N–H and O–H groups in total. The second-order valence-electron chi connectivity index (χ2n) is 7.42. The van der Waals surface area contributed by atoms with Gasteiger partial charge in [-0.25, -0.2) is 4.39 Å². The van der Waals surface area contributed by atoms with E-state index in [9.17, 15) is 4.39 Å². The Morgan fingerprint density at radius 2 is 1.91 bits per heavy atom. The molecule has 0 bridgehead atoms. The molecule has 22 heavy (non-hydrogen) atoms. The fraction of sp³-hybridized carbons (Fsp3) is 0.684. The Bertz CT molecular complexity index is 470. The molecule has 1 aromatic rings. The lowest BCUT2D eigenvalue weighted by molar-refractivity contribution is 0.124. The van der Waals surface area contributed by atoms with Crippen LogP contribution in [0.2, 0.25) is 0 Å². The summed E-state index contributed by atoms with van der Waals surface area (Å²) < 4.78 is 13.3. The van der Waals surface area contributed by atoms with Crippen LogP contribution in [0.5, 0.6) is 0 Å². The van der Waals surface area contributed by atoms with Crippen molar-refractivity contribution in [2.75, 3.05) is 19.6 Å². The Morgan fingerprint density at radius 1 is 1.09 bits per heavy atom. The second kappa shape index (κ2) is 7.56. The van der Waals surface area contributed by atoms with Crippen LogP contribution >= 0.6 is 0 Å². The van der Waals surface area contributed by atoms with Crippen LogP contribution in [0.25, 0.3) is 0 Å². The molecule has 0 amide bonds. The van der Waals surface area contributed by atoms with Gasteiger partial charge in [-0.1, -0.05) is 31.4 Å². The van der Waals surface area contributed by atoms with Crippen LogP contribution in [0, 0.1) is 17.7 Å². The molecule has 2 atom stereocenters. The molecule has 122 valence electrons. The molecule has 2 unspecified atom stereocenters. The highest BCUT2D eigenvalue weighted by molar-refractivity contribution is 5.17. The Labute approximate surface area is 133 Å². The van der Waals surface area contributed by atoms with Crippen LogP contribution in [0.15, 0.2) is 24.3 Å². The van der Waals surface area contributed by atoms with E-state index in [1.54, 1.807) is 6.07 Å². The van der Waals surface area contributed by atoms with Gasteiger partial charge in [0.1, 0.15) is 5.82 Å². The van der Waals surface area contributed by atoms with Crippen molar-refractivity contribution in [3.63, 3.8) is 0 Å². The van der Waals surface area contributed by atoms with Gasteiger partial charge in [-0.2, -0.15) is 0 Å². The lowest BCUT2D eigenvalue weighted by Gasteiger charge is -2.39. The topological polar surface area (TPSA) is 29.3 Å². The summed E-state index contributed by atoms with van der Waals surface area (Å²) in [6.07, 6.45) is 9.01. The predicted molar refractivity (Wildman–Crippen MR) is 89.2 cm³/mol. The summed E-state index contributed by atoms with van der Waals surface area (Å²) in [6, 6.07) is 7.31. The average molecular weight is 304 g/mol. The van der Waals surface area contributed by atoms with E-state index in [-0.39, 0.29) is 11.9 Å². The number of nitrogens with two attached hydrogens (primary N) is 1. The maximum absolute atomic E-state index is 13.3. The van der Waals surface area contributed by atoms with Gasteiger partial charge in [0.05, 0.1) is 0 Å². The number of likely N-dealkylation sites (tertiary alicyclic amines) is 1. The van der Waals surface area contributed by atoms with Gasteiger partial charge >= 0.3 is 0 Å². The van der Waals surface area contributed by atoms with Crippen LogP contribution in [-0.4, -0.2) is 30.6 Å². The zero-order valence-corrected chi connectivity index (χ0v) is 13.5. The summed E-state index contributed by atoms with van der Waals surface area (Å²) in [7, 11) is 0. The molecule has 0 radical (unpaired) electrons. The third-order valence-corrected chi connectivity index (χ3v) is 5.30. The fourth-order valence-corrected chi connectivity index (χ4v) is 4.38. The van der Waals surface area contributed by atoms with Gasteiger partial charge in [-0.3, -0.25) is 0 Å². The van der Waals surface area contributed by atoms with Crippen LogP contribution in [0.1, 0.15) is 44.1 Å². The first-order chi connectivity index (χ1) is 10.7. The average Bonchev–Trinajstić information content (AvgIpc) is 2.47. The Morgan fingerprint density at radius 3 is 2.68 bits per heavy atom. The molecule has 3 rings (SSSR count). The first kappa shape index (κ1) is 15.9. The van der Waals surface area contributed by atoms with Crippen molar-refractivity contribution in [1.29, 1.82) is 0 Å². The molecule has 0 aromatic heterocycles. The molecule has 1 saturated heterocycles. The number of hydrogen-bond donors (Lipinski definition) is 1. The van der Waals surface area contributed by atoms with Crippen molar-refractivity contribution in [3.8, 4) is 0 Å².